The molecule has 1 atom stereocenters. The molecule has 0 amide bonds. The van der Waals surface area contributed by atoms with E-state index >= 15 is 0 Å². The average Bonchev–Trinajstić information content (AvgIpc) is 2.84. The first-order chi connectivity index (χ1) is 11.0. The van der Waals surface area contributed by atoms with Crippen molar-refractivity contribution in [3.63, 3.8) is 0 Å². The Morgan fingerprint density at radius 3 is 2.50 bits per heavy atom. The molecule has 0 aliphatic carbocycles. The topological polar surface area (TPSA) is 92.6 Å². The zero-order valence-electron chi connectivity index (χ0n) is 14.7. The highest BCUT2D eigenvalue weighted by molar-refractivity contribution is 6.45. The fourth-order valence-corrected chi connectivity index (χ4v) is 3.59. The number of nitrogens with zero attached hydrogens (tertiary/aromatic N) is 4. The lowest BCUT2D eigenvalue weighted by Crippen LogP contribution is -2.60. The van der Waals surface area contributed by atoms with Crippen molar-refractivity contribution in [2.75, 3.05) is 6.67 Å². The van der Waals surface area contributed by atoms with Crippen LogP contribution in [0.5, 0.6) is 0 Å². The van der Waals surface area contributed by atoms with Crippen LogP contribution in [0.1, 0.15) is 47.5 Å². The summed E-state index contributed by atoms with van der Waals surface area (Å²) in [4.78, 5) is 19.7. The Balaban J connectivity index is 2.09. The third kappa shape index (κ3) is 3.28. The molecule has 132 valence electrons. The van der Waals surface area contributed by atoms with Crippen LogP contribution in [0, 0.1) is 17.7 Å². The SMILES string of the molecule is [C-]#[N+]C1=[N+]([O-])CN=C1C(C)OC(=O)C1CC(C)(C)N(O)C(C)(C)C1. The number of hydrogen-bond donors (Lipinski definition) is 1. The predicted molar refractivity (Wildman–Crippen MR) is 87.6 cm³/mol. The molecule has 8 heteroatoms. The molecule has 2 heterocycles. The molecule has 1 fully saturated rings. The average molecular weight is 336 g/mol. The number of ether oxygens (including phenoxy) is 1. The number of hydrogen-bond acceptors (Lipinski definition) is 6. The third-order valence-corrected chi connectivity index (χ3v) is 4.59. The van der Waals surface area contributed by atoms with Crippen molar-refractivity contribution >= 4 is 17.5 Å². The highest BCUT2D eigenvalue weighted by Gasteiger charge is 2.48. The maximum absolute atomic E-state index is 12.6. The molecule has 0 saturated carbocycles. The summed E-state index contributed by atoms with van der Waals surface area (Å²) in [5.41, 5.74) is -0.898. The van der Waals surface area contributed by atoms with Gasteiger partial charge in [-0.2, -0.15) is 14.6 Å². The van der Waals surface area contributed by atoms with Crippen LogP contribution in [0.3, 0.4) is 0 Å². The molecule has 24 heavy (non-hydrogen) atoms. The zero-order chi connectivity index (χ0) is 18.3. The van der Waals surface area contributed by atoms with Crippen LogP contribution in [0.25, 0.3) is 4.85 Å². The number of carbonyl (C=O) groups is 1. The second kappa shape index (κ2) is 6.15. The van der Waals surface area contributed by atoms with Crippen LogP contribution in [0.4, 0.5) is 0 Å². The summed E-state index contributed by atoms with van der Waals surface area (Å²) in [5, 5.41) is 23.1. The van der Waals surface area contributed by atoms with E-state index in [1.165, 1.54) is 5.06 Å². The van der Waals surface area contributed by atoms with E-state index in [-0.39, 0.29) is 24.1 Å². The van der Waals surface area contributed by atoms with Crippen LogP contribution in [0.15, 0.2) is 4.99 Å². The van der Waals surface area contributed by atoms with Crippen LogP contribution in [0.2, 0.25) is 0 Å². The minimum absolute atomic E-state index is 0.124. The summed E-state index contributed by atoms with van der Waals surface area (Å²) in [5.74, 6) is -0.892. The van der Waals surface area contributed by atoms with E-state index in [0.717, 1.165) is 0 Å². The van der Waals surface area contributed by atoms with Crippen molar-refractivity contribution in [3.8, 4) is 0 Å². The van der Waals surface area contributed by atoms with Gasteiger partial charge in [-0.05, 0) is 47.5 Å². The summed E-state index contributed by atoms with van der Waals surface area (Å²) in [7, 11) is 0. The van der Waals surface area contributed by atoms with Gasteiger partial charge in [0.25, 0.3) is 0 Å². The Hall–Kier alpha value is -1.98. The predicted octanol–water partition coefficient (Wildman–Crippen LogP) is 1.82. The number of aliphatic imine (C=N–C) groups is 1. The lowest BCUT2D eigenvalue weighted by atomic mass is 9.75. The van der Waals surface area contributed by atoms with E-state index in [9.17, 15) is 15.2 Å². The quantitative estimate of drug-likeness (QED) is 0.367. The highest BCUT2D eigenvalue weighted by atomic mass is 16.5. The summed E-state index contributed by atoms with van der Waals surface area (Å²) < 4.78 is 5.97. The minimum atomic E-state index is -0.751. The van der Waals surface area contributed by atoms with Gasteiger partial charge in [0.05, 0.1) is 5.92 Å². The summed E-state index contributed by atoms with van der Waals surface area (Å²) >= 11 is 0. The van der Waals surface area contributed by atoms with Crippen LogP contribution in [-0.2, 0) is 9.53 Å². The van der Waals surface area contributed by atoms with Crippen LogP contribution in [-0.4, -0.2) is 56.4 Å². The molecule has 2 rings (SSSR count). The Bertz CT molecular complexity index is 627. The van der Waals surface area contributed by atoms with E-state index in [0.29, 0.717) is 17.6 Å². The number of amidine groups is 1. The molecule has 0 spiro atoms. The Labute approximate surface area is 141 Å². The Kier molecular flexibility index (Phi) is 4.70. The molecule has 1 unspecified atom stereocenters. The highest BCUT2D eigenvalue weighted by Crippen LogP contribution is 2.40. The smallest absolute Gasteiger partial charge is 0.451 e. The van der Waals surface area contributed by atoms with Gasteiger partial charge in [-0.1, -0.05) is 0 Å². The van der Waals surface area contributed by atoms with Crippen molar-refractivity contribution in [1.29, 1.82) is 0 Å². The first-order valence-corrected chi connectivity index (χ1v) is 7.93. The van der Waals surface area contributed by atoms with Crippen molar-refractivity contribution in [2.24, 2.45) is 10.9 Å². The fourth-order valence-electron chi connectivity index (χ4n) is 3.59. The lowest BCUT2D eigenvalue weighted by Gasteiger charge is -2.50. The van der Waals surface area contributed by atoms with Crippen molar-refractivity contribution in [2.45, 2.75) is 64.6 Å². The van der Waals surface area contributed by atoms with E-state index in [4.69, 9.17) is 11.3 Å². The first kappa shape index (κ1) is 18.4. The lowest BCUT2D eigenvalue weighted by molar-refractivity contribution is -0.449. The first-order valence-electron chi connectivity index (χ1n) is 7.93. The van der Waals surface area contributed by atoms with E-state index in [1.54, 1.807) is 6.92 Å². The number of carbonyl (C=O) groups excluding carboxylic acids is 1. The Morgan fingerprint density at radius 2 is 2.00 bits per heavy atom. The van der Waals surface area contributed by atoms with Crippen molar-refractivity contribution in [1.82, 2.24) is 5.06 Å². The van der Waals surface area contributed by atoms with Gasteiger partial charge in [0.15, 0.2) is 5.71 Å². The molecule has 0 aromatic rings. The van der Waals surface area contributed by atoms with E-state index in [1.807, 2.05) is 27.7 Å². The normalized spacial score (nSPS) is 25.1. The monoisotopic (exact) mass is 336 g/mol. The molecule has 0 bridgehead atoms. The summed E-state index contributed by atoms with van der Waals surface area (Å²) in [6.45, 7) is 16.0. The molecule has 2 aliphatic heterocycles. The van der Waals surface area contributed by atoms with Gasteiger partial charge in [0.2, 0.25) is 6.67 Å². The van der Waals surface area contributed by atoms with Gasteiger partial charge in [-0.25, -0.2) is 4.99 Å². The number of rotatable bonds is 3. The molecular formula is C16H24N4O4. The zero-order valence-corrected chi connectivity index (χ0v) is 14.7. The largest absolute Gasteiger partial charge is 0.633 e. The molecule has 0 aromatic carbocycles. The van der Waals surface area contributed by atoms with Crippen molar-refractivity contribution < 1.29 is 19.5 Å². The minimum Gasteiger partial charge on any atom is -0.633 e. The molecule has 1 saturated heterocycles. The molecule has 8 nitrogen and oxygen atoms in total. The molecule has 0 radical (unpaired) electrons. The second-order valence-electron chi connectivity index (χ2n) is 7.62. The fraction of sp³-hybridized carbons (Fsp3) is 0.750. The molecular weight excluding hydrogens is 312 g/mol. The van der Waals surface area contributed by atoms with Crippen LogP contribution < -0.4 is 0 Å². The van der Waals surface area contributed by atoms with Gasteiger partial charge in [-0.3, -0.25) is 4.79 Å². The van der Waals surface area contributed by atoms with Gasteiger partial charge in [0, 0.05) is 11.1 Å². The number of piperidine rings is 1. The van der Waals surface area contributed by atoms with E-state index < -0.39 is 23.2 Å². The second-order valence-corrected chi connectivity index (χ2v) is 7.62. The van der Waals surface area contributed by atoms with Gasteiger partial charge >= 0.3 is 11.8 Å². The molecule has 1 N–H and O–H groups in total. The third-order valence-electron chi connectivity index (χ3n) is 4.59. The van der Waals surface area contributed by atoms with Crippen LogP contribution >= 0.6 is 0 Å². The summed E-state index contributed by atoms with van der Waals surface area (Å²) in [6.07, 6.45) is 0.162. The van der Waals surface area contributed by atoms with Crippen molar-refractivity contribution in [3.05, 3.63) is 16.6 Å². The number of hydroxylamine groups is 3. The van der Waals surface area contributed by atoms with Gasteiger partial charge in [-0.15, -0.1) is 0 Å². The Morgan fingerprint density at radius 1 is 1.46 bits per heavy atom. The maximum Gasteiger partial charge on any atom is 0.451 e. The van der Waals surface area contributed by atoms with Gasteiger partial charge in [0.1, 0.15) is 12.7 Å². The number of esters is 1. The standard InChI is InChI=1S/C16H24N4O4/c1-10(12-13(17-6)19(22)9-18-12)24-14(21)11-7-15(2,3)20(23)16(4,5)8-11/h10-11,23H,7-9H2,1-5H3. The molecule has 2 aliphatic rings. The van der Waals surface area contributed by atoms with Gasteiger partial charge < -0.3 is 15.2 Å². The summed E-state index contributed by atoms with van der Waals surface area (Å²) in [6, 6.07) is 0. The maximum atomic E-state index is 12.6. The molecule has 0 aromatic heterocycles. The van der Waals surface area contributed by atoms with E-state index in [2.05, 4.69) is 9.84 Å².